The van der Waals surface area contributed by atoms with Gasteiger partial charge in [-0.1, -0.05) is 91.0 Å². The van der Waals surface area contributed by atoms with Crippen LogP contribution in [-0.2, 0) is 0 Å². The molecule has 1 heterocycles. The van der Waals surface area contributed by atoms with Gasteiger partial charge in [-0.25, -0.2) is 0 Å². The average molecular weight is 674 g/mol. The zero-order valence-corrected chi connectivity index (χ0v) is 26.5. The molecule has 0 radical (unpaired) electrons. The van der Waals surface area contributed by atoms with Gasteiger partial charge in [0.1, 0.15) is 0 Å². The predicted molar refractivity (Wildman–Crippen MR) is 198 cm³/mol. The van der Waals surface area contributed by atoms with E-state index in [9.17, 15) is 40.9 Å². The summed E-state index contributed by atoms with van der Waals surface area (Å²) in [6.07, 6.45) is 0. The van der Waals surface area contributed by atoms with E-state index < -0.39 is 46.0 Å². The van der Waals surface area contributed by atoms with Gasteiger partial charge in [-0.2, -0.15) is 0 Å². The molecule has 9 rings (SSSR count). The van der Waals surface area contributed by atoms with E-state index in [2.05, 4.69) is 4.98 Å². The van der Waals surface area contributed by atoms with Crippen LogP contribution in [0.5, 0.6) is 46.0 Å². The van der Waals surface area contributed by atoms with Gasteiger partial charge in [-0.05, 0) is 45.7 Å². The van der Waals surface area contributed by atoms with Crippen molar-refractivity contribution in [2.45, 2.75) is 0 Å². The molecule has 0 aliphatic rings. The normalized spacial score (nSPS) is 11.8. The molecule has 9 N–H and O–H groups in total. The number of para-hydroxylation sites is 2. The molecule has 9 nitrogen and oxygen atoms in total. The Kier molecular flexibility index (Phi) is 6.21. The second-order valence-electron chi connectivity index (χ2n) is 12.6. The Morgan fingerprint density at radius 3 is 1.47 bits per heavy atom. The largest absolute Gasteiger partial charge is 0.504 e. The molecule has 51 heavy (non-hydrogen) atoms. The number of phenols is 8. The topological polar surface area (TPSA) is 178 Å². The molecule has 0 bridgehead atoms. The first-order chi connectivity index (χ1) is 24.7. The van der Waals surface area contributed by atoms with Gasteiger partial charge in [0, 0.05) is 54.5 Å². The molecular formula is C42H27NO8. The number of aromatic hydroxyl groups is 8. The minimum absolute atomic E-state index is 0.000277. The maximum absolute atomic E-state index is 11.6. The number of benzene rings is 8. The molecule has 0 spiro atoms. The van der Waals surface area contributed by atoms with Crippen molar-refractivity contribution < 1.29 is 40.9 Å². The van der Waals surface area contributed by atoms with Crippen LogP contribution < -0.4 is 0 Å². The number of aromatic nitrogens is 1. The van der Waals surface area contributed by atoms with Crippen LogP contribution in [0.3, 0.4) is 0 Å². The molecule has 0 fully saturated rings. The SMILES string of the molecule is Oc1c(O)c(O)c2c(-c3ccc4ccccc4c3)c3c(O)c(O)c(O)c(O)c3c(-c3cccc(-c4cccc5c4[nH]c4ccccc45)c3)c2c1O. The Balaban J connectivity index is 1.46. The monoisotopic (exact) mass is 673 g/mol. The Morgan fingerprint density at radius 2 is 0.843 bits per heavy atom. The van der Waals surface area contributed by atoms with E-state index >= 15 is 0 Å². The molecule has 0 atom stereocenters. The molecule has 0 aliphatic carbocycles. The molecular weight excluding hydrogens is 646 g/mol. The lowest BCUT2D eigenvalue weighted by Gasteiger charge is -2.23. The molecule has 1 aromatic heterocycles. The van der Waals surface area contributed by atoms with Crippen LogP contribution in [0, 0.1) is 0 Å². The molecule has 8 aromatic carbocycles. The quantitative estimate of drug-likeness (QED) is 0.0506. The third kappa shape index (κ3) is 4.09. The van der Waals surface area contributed by atoms with E-state index in [1.807, 2.05) is 72.8 Å². The Morgan fingerprint density at radius 1 is 0.353 bits per heavy atom. The summed E-state index contributed by atoms with van der Waals surface area (Å²) in [7, 11) is 0. The Bertz CT molecular complexity index is 2880. The van der Waals surface area contributed by atoms with E-state index in [-0.39, 0.29) is 32.7 Å². The van der Waals surface area contributed by atoms with Gasteiger partial charge in [-0.3, -0.25) is 0 Å². The van der Waals surface area contributed by atoms with Crippen LogP contribution in [0.25, 0.3) is 87.5 Å². The minimum Gasteiger partial charge on any atom is -0.504 e. The van der Waals surface area contributed by atoms with Crippen molar-refractivity contribution in [3.05, 3.63) is 109 Å². The van der Waals surface area contributed by atoms with Gasteiger partial charge < -0.3 is 45.8 Å². The first-order valence-electron chi connectivity index (χ1n) is 16.0. The number of aromatic amines is 1. The van der Waals surface area contributed by atoms with Crippen molar-refractivity contribution >= 4 is 54.1 Å². The Hall–Kier alpha value is -7.26. The first kappa shape index (κ1) is 29.8. The van der Waals surface area contributed by atoms with Crippen molar-refractivity contribution in [3.63, 3.8) is 0 Å². The van der Waals surface area contributed by atoms with Crippen molar-refractivity contribution in [3.8, 4) is 79.4 Å². The highest BCUT2D eigenvalue weighted by Crippen LogP contribution is 2.62. The van der Waals surface area contributed by atoms with E-state index in [4.69, 9.17) is 0 Å². The fraction of sp³-hybridized carbons (Fsp3) is 0. The van der Waals surface area contributed by atoms with Gasteiger partial charge in [-0.15, -0.1) is 0 Å². The van der Waals surface area contributed by atoms with E-state index in [0.717, 1.165) is 38.1 Å². The third-order valence-electron chi connectivity index (χ3n) is 9.83. The summed E-state index contributed by atoms with van der Waals surface area (Å²) in [5.74, 6) is -7.36. The van der Waals surface area contributed by atoms with Gasteiger partial charge in [0.2, 0.25) is 23.0 Å². The molecule has 0 unspecified atom stereocenters. The van der Waals surface area contributed by atoms with E-state index in [0.29, 0.717) is 16.7 Å². The van der Waals surface area contributed by atoms with Gasteiger partial charge >= 0.3 is 0 Å². The maximum Gasteiger partial charge on any atom is 0.204 e. The lowest BCUT2D eigenvalue weighted by atomic mass is 9.83. The second-order valence-corrected chi connectivity index (χ2v) is 12.6. The van der Waals surface area contributed by atoms with Gasteiger partial charge in [0.15, 0.2) is 23.0 Å². The Labute approximate surface area is 288 Å². The molecule has 0 saturated heterocycles. The first-order valence-corrected chi connectivity index (χ1v) is 16.0. The number of H-pyrrole nitrogens is 1. The van der Waals surface area contributed by atoms with Crippen molar-refractivity contribution in [1.82, 2.24) is 4.98 Å². The summed E-state index contributed by atoms with van der Waals surface area (Å²) in [5.41, 5.74) is 4.03. The van der Waals surface area contributed by atoms with Crippen molar-refractivity contribution in [2.75, 3.05) is 0 Å². The van der Waals surface area contributed by atoms with Crippen LogP contribution in [0.15, 0.2) is 109 Å². The summed E-state index contributed by atoms with van der Waals surface area (Å²) in [5, 5.41) is 92.8. The molecule has 248 valence electrons. The van der Waals surface area contributed by atoms with Gasteiger partial charge in [0.25, 0.3) is 0 Å². The van der Waals surface area contributed by atoms with E-state index in [1.54, 1.807) is 36.4 Å². The van der Waals surface area contributed by atoms with Crippen LogP contribution in [0.4, 0.5) is 0 Å². The molecule has 9 aromatic rings. The van der Waals surface area contributed by atoms with Gasteiger partial charge in [0.05, 0.1) is 5.52 Å². The number of hydrogen-bond acceptors (Lipinski definition) is 8. The summed E-state index contributed by atoms with van der Waals surface area (Å²) in [6, 6.07) is 33.5. The van der Waals surface area contributed by atoms with Crippen LogP contribution >= 0.6 is 0 Å². The summed E-state index contributed by atoms with van der Waals surface area (Å²) < 4.78 is 0. The van der Waals surface area contributed by atoms with Crippen LogP contribution in [0.1, 0.15) is 0 Å². The lowest BCUT2D eigenvalue weighted by molar-refractivity contribution is 0.350. The number of rotatable bonds is 3. The highest BCUT2D eigenvalue weighted by Gasteiger charge is 2.32. The molecule has 0 aliphatic heterocycles. The second kappa shape index (κ2) is 10.6. The number of phenolic OH excluding ortho intramolecular Hbond substituents is 8. The summed E-state index contributed by atoms with van der Waals surface area (Å²) in [4.78, 5) is 3.49. The van der Waals surface area contributed by atoms with Crippen LogP contribution in [0.2, 0.25) is 0 Å². The standard InChI is InChI=1S/C42H27NO8/c44-35-30-28(22-10-5-9-21(18-22)24-12-6-13-26-25-11-3-4-14-27(25)43-34(24)26)31-33(38(47)42(51)40(49)36(31)45)29(32(30)37(46)41(50)39(35)48)23-16-15-19-7-1-2-8-20(19)17-23/h1-18,43-51H. The third-order valence-corrected chi connectivity index (χ3v) is 9.83. The fourth-order valence-electron chi connectivity index (χ4n) is 7.50. The van der Waals surface area contributed by atoms with Crippen LogP contribution in [-0.4, -0.2) is 45.8 Å². The highest BCUT2D eigenvalue weighted by molar-refractivity contribution is 6.29. The zero-order chi connectivity index (χ0) is 35.3. The van der Waals surface area contributed by atoms with E-state index in [1.165, 1.54) is 0 Å². The minimum atomic E-state index is -1.02. The fourth-order valence-corrected chi connectivity index (χ4v) is 7.50. The average Bonchev–Trinajstić information content (AvgIpc) is 3.55. The predicted octanol–water partition coefficient (Wildman–Crippen LogP) is 9.43. The maximum atomic E-state index is 11.6. The highest BCUT2D eigenvalue weighted by atomic mass is 16.4. The smallest absolute Gasteiger partial charge is 0.204 e. The van der Waals surface area contributed by atoms with Crippen molar-refractivity contribution in [2.24, 2.45) is 0 Å². The lowest BCUT2D eigenvalue weighted by Crippen LogP contribution is -1.95. The zero-order valence-electron chi connectivity index (χ0n) is 26.5. The van der Waals surface area contributed by atoms with Crippen molar-refractivity contribution in [1.29, 1.82) is 0 Å². The number of nitrogens with one attached hydrogen (secondary N) is 1. The number of hydrogen-bond donors (Lipinski definition) is 9. The summed E-state index contributed by atoms with van der Waals surface area (Å²) >= 11 is 0. The number of fused-ring (bicyclic) bond motifs is 6. The molecule has 0 amide bonds. The molecule has 0 saturated carbocycles. The summed E-state index contributed by atoms with van der Waals surface area (Å²) in [6.45, 7) is 0. The molecule has 9 heteroatoms.